The standard InChI is InChI=1S/C8H8N4OS2/c9-1-5-2-15-8(11-5)12-7(13)6-3-14-4-10-6/h2-4H,1,9H2,(H,11,12,13). The SMILES string of the molecule is NCc1csc(NC(=O)c2cscn2)n1. The third kappa shape index (κ3) is 2.38. The molecule has 0 radical (unpaired) electrons. The van der Waals surface area contributed by atoms with E-state index in [1.165, 1.54) is 22.7 Å². The minimum atomic E-state index is -0.242. The lowest BCUT2D eigenvalue weighted by Gasteiger charge is -1.96. The minimum absolute atomic E-state index is 0.242. The Hall–Kier alpha value is -1.31. The van der Waals surface area contributed by atoms with Gasteiger partial charge in [0.2, 0.25) is 0 Å². The number of rotatable bonds is 3. The Morgan fingerprint density at radius 3 is 3.00 bits per heavy atom. The summed E-state index contributed by atoms with van der Waals surface area (Å²) in [7, 11) is 0. The van der Waals surface area contributed by atoms with Crippen molar-refractivity contribution in [2.24, 2.45) is 5.73 Å². The van der Waals surface area contributed by atoms with Crippen molar-refractivity contribution in [1.82, 2.24) is 9.97 Å². The topological polar surface area (TPSA) is 80.9 Å². The zero-order valence-electron chi connectivity index (χ0n) is 7.64. The maximum Gasteiger partial charge on any atom is 0.276 e. The molecule has 2 rings (SSSR count). The van der Waals surface area contributed by atoms with Gasteiger partial charge < -0.3 is 5.73 Å². The van der Waals surface area contributed by atoms with Gasteiger partial charge in [-0.25, -0.2) is 9.97 Å². The number of carbonyl (C=O) groups is 1. The number of aromatic nitrogens is 2. The Labute approximate surface area is 94.0 Å². The van der Waals surface area contributed by atoms with Crippen LogP contribution in [0.4, 0.5) is 5.13 Å². The van der Waals surface area contributed by atoms with Crippen molar-refractivity contribution in [1.29, 1.82) is 0 Å². The van der Waals surface area contributed by atoms with Crippen LogP contribution in [-0.4, -0.2) is 15.9 Å². The molecule has 0 aliphatic heterocycles. The summed E-state index contributed by atoms with van der Waals surface area (Å²) in [5.74, 6) is -0.242. The summed E-state index contributed by atoms with van der Waals surface area (Å²) in [6.07, 6.45) is 0. The highest BCUT2D eigenvalue weighted by molar-refractivity contribution is 7.14. The third-order valence-electron chi connectivity index (χ3n) is 1.65. The average Bonchev–Trinajstić information content (AvgIpc) is 2.87. The zero-order valence-corrected chi connectivity index (χ0v) is 9.27. The Kier molecular flexibility index (Phi) is 3.05. The molecule has 0 unspecified atom stereocenters. The fourth-order valence-electron chi connectivity index (χ4n) is 0.944. The van der Waals surface area contributed by atoms with Crippen LogP contribution in [0.1, 0.15) is 16.2 Å². The van der Waals surface area contributed by atoms with Crippen molar-refractivity contribution in [2.75, 3.05) is 5.32 Å². The molecule has 0 aliphatic carbocycles. The van der Waals surface area contributed by atoms with E-state index in [1.807, 2.05) is 5.38 Å². The molecule has 2 heterocycles. The van der Waals surface area contributed by atoms with E-state index < -0.39 is 0 Å². The van der Waals surface area contributed by atoms with Crippen molar-refractivity contribution in [3.8, 4) is 0 Å². The highest BCUT2D eigenvalue weighted by atomic mass is 32.1. The van der Waals surface area contributed by atoms with Crippen molar-refractivity contribution >= 4 is 33.7 Å². The van der Waals surface area contributed by atoms with Crippen LogP contribution in [0.15, 0.2) is 16.3 Å². The summed E-state index contributed by atoms with van der Waals surface area (Å²) in [5.41, 5.74) is 8.20. The number of carbonyl (C=O) groups excluding carboxylic acids is 1. The van der Waals surface area contributed by atoms with Gasteiger partial charge in [-0.05, 0) is 0 Å². The smallest absolute Gasteiger partial charge is 0.276 e. The molecule has 0 aromatic carbocycles. The molecular formula is C8H8N4OS2. The molecule has 5 nitrogen and oxygen atoms in total. The second-order valence-corrected chi connectivity index (χ2v) is 4.25. The van der Waals surface area contributed by atoms with Crippen LogP contribution in [0.5, 0.6) is 0 Å². The van der Waals surface area contributed by atoms with Gasteiger partial charge in [-0.2, -0.15) is 0 Å². The first kappa shape index (κ1) is 10.2. The first-order chi connectivity index (χ1) is 7.29. The Morgan fingerprint density at radius 1 is 1.53 bits per heavy atom. The fraction of sp³-hybridized carbons (Fsp3) is 0.125. The first-order valence-electron chi connectivity index (χ1n) is 4.13. The maximum absolute atomic E-state index is 11.5. The van der Waals surface area contributed by atoms with E-state index in [0.717, 1.165) is 5.69 Å². The van der Waals surface area contributed by atoms with E-state index >= 15 is 0 Å². The number of nitrogens with one attached hydrogen (secondary N) is 1. The van der Waals surface area contributed by atoms with E-state index in [9.17, 15) is 4.79 Å². The third-order valence-corrected chi connectivity index (χ3v) is 3.04. The number of nitrogens with zero attached hydrogens (tertiary/aromatic N) is 2. The second-order valence-electron chi connectivity index (χ2n) is 2.68. The summed E-state index contributed by atoms with van der Waals surface area (Å²) in [5, 5.41) is 6.71. The van der Waals surface area contributed by atoms with Gasteiger partial charge in [-0.3, -0.25) is 10.1 Å². The Bertz CT molecular complexity index is 451. The fourth-order valence-corrected chi connectivity index (χ4v) is 2.19. The van der Waals surface area contributed by atoms with Gasteiger partial charge in [0.25, 0.3) is 5.91 Å². The largest absolute Gasteiger partial charge is 0.325 e. The minimum Gasteiger partial charge on any atom is -0.325 e. The van der Waals surface area contributed by atoms with Gasteiger partial charge in [0.1, 0.15) is 5.69 Å². The summed E-state index contributed by atoms with van der Waals surface area (Å²) >= 11 is 2.73. The van der Waals surface area contributed by atoms with Gasteiger partial charge in [0.05, 0.1) is 11.2 Å². The number of hydrogen-bond acceptors (Lipinski definition) is 6. The van der Waals surface area contributed by atoms with Crippen LogP contribution >= 0.6 is 22.7 Å². The number of thiazole rings is 2. The number of nitrogens with two attached hydrogens (primary N) is 1. The summed E-state index contributed by atoms with van der Waals surface area (Å²) in [6.45, 7) is 0.378. The summed E-state index contributed by atoms with van der Waals surface area (Å²) < 4.78 is 0. The van der Waals surface area contributed by atoms with Crippen LogP contribution < -0.4 is 11.1 Å². The van der Waals surface area contributed by atoms with Gasteiger partial charge in [-0.15, -0.1) is 22.7 Å². The monoisotopic (exact) mass is 240 g/mol. The van der Waals surface area contributed by atoms with Crippen LogP contribution in [0.25, 0.3) is 0 Å². The molecule has 0 spiro atoms. The second kappa shape index (κ2) is 4.47. The molecule has 0 saturated carbocycles. The van der Waals surface area contributed by atoms with Crippen LogP contribution in [-0.2, 0) is 6.54 Å². The van der Waals surface area contributed by atoms with E-state index in [4.69, 9.17) is 5.73 Å². The highest BCUT2D eigenvalue weighted by Crippen LogP contribution is 2.15. The molecular weight excluding hydrogens is 232 g/mol. The van der Waals surface area contributed by atoms with Crippen molar-refractivity contribution in [3.05, 3.63) is 27.7 Å². The van der Waals surface area contributed by atoms with E-state index in [2.05, 4.69) is 15.3 Å². The van der Waals surface area contributed by atoms with Crippen molar-refractivity contribution in [3.63, 3.8) is 0 Å². The lowest BCUT2D eigenvalue weighted by Crippen LogP contribution is -2.12. The first-order valence-corrected chi connectivity index (χ1v) is 5.96. The molecule has 1 amide bonds. The molecule has 15 heavy (non-hydrogen) atoms. The predicted octanol–water partition coefficient (Wildman–Crippen LogP) is 1.31. The van der Waals surface area contributed by atoms with Gasteiger partial charge in [0, 0.05) is 17.3 Å². The number of anilines is 1. The van der Waals surface area contributed by atoms with Crippen molar-refractivity contribution < 1.29 is 4.79 Å². The number of amides is 1. The van der Waals surface area contributed by atoms with Crippen LogP contribution in [0.2, 0.25) is 0 Å². The zero-order chi connectivity index (χ0) is 10.7. The lowest BCUT2D eigenvalue weighted by atomic mass is 10.5. The van der Waals surface area contributed by atoms with Crippen molar-refractivity contribution in [2.45, 2.75) is 6.54 Å². The van der Waals surface area contributed by atoms with Gasteiger partial charge >= 0.3 is 0 Å². The molecule has 0 atom stereocenters. The molecule has 0 fully saturated rings. The highest BCUT2D eigenvalue weighted by Gasteiger charge is 2.09. The average molecular weight is 240 g/mol. The predicted molar refractivity (Wildman–Crippen MR) is 60.1 cm³/mol. The molecule has 0 aliphatic rings. The van der Waals surface area contributed by atoms with Gasteiger partial charge in [-0.1, -0.05) is 0 Å². The quantitative estimate of drug-likeness (QED) is 0.847. The molecule has 0 saturated heterocycles. The molecule has 2 aromatic heterocycles. The summed E-state index contributed by atoms with van der Waals surface area (Å²) in [4.78, 5) is 19.6. The normalized spacial score (nSPS) is 10.2. The molecule has 7 heteroatoms. The van der Waals surface area contributed by atoms with Gasteiger partial charge in [0.15, 0.2) is 5.13 Å². The van der Waals surface area contributed by atoms with E-state index in [0.29, 0.717) is 17.4 Å². The Morgan fingerprint density at radius 2 is 2.40 bits per heavy atom. The summed E-state index contributed by atoms with van der Waals surface area (Å²) in [6, 6.07) is 0. The molecule has 3 N–H and O–H groups in total. The number of hydrogen-bond donors (Lipinski definition) is 2. The maximum atomic E-state index is 11.5. The van der Waals surface area contributed by atoms with E-state index in [1.54, 1.807) is 10.9 Å². The Balaban J connectivity index is 2.06. The molecule has 0 bridgehead atoms. The molecule has 78 valence electrons. The van der Waals surface area contributed by atoms with E-state index in [-0.39, 0.29) is 5.91 Å². The molecule has 2 aromatic rings. The van der Waals surface area contributed by atoms with Crippen LogP contribution in [0, 0.1) is 0 Å². The van der Waals surface area contributed by atoms with Crippen LogP contribution in [0.3, 0.4) is 0 Å². The lowest BCUT2D eigenvalue weighted by molar-refractivity contribution is 0.102.